The molecule has 1 aromatic rings. The highest BCUT2D eigenvalue weighted by Crippen LogP contribution is 2.28. The van der Waals surface area contributed by atoms with Gasteiger partial charge in [0.25, 0.3) is 0 Å². The van der Waals surface area contributed by atoms with Crippen LogP contribution in [0.1, 0.15) is 43.2 Å². The van der Waals surface area contributed by atoms with E-state index in [9.17, 15) is 5.11 Å². The zero-order chi connectivity index (χ0) is 14.6. The SMILES string of the molecule is Cc1ccc(NC(N)=NCC2(O)CCCCC2)cc1C. The maximum absolute atomic E-state index is 10.4. The van der Waals surface area contributed by atoms with Crippen LogP contribution in [0.5, 0.6) is 0 Å². The molecule has 0 heterocycles. The minimum Gasteiger partial charge on any atom is -0.388 e. The molecular weight excluding hydrogens is 250 g/mol. The standard InChI is InChI=1S/C16H25N3O/c1-12-6-7-14(10-13(12)2)19-15(17)18-11-16(20)8-4-3-5-9-16/h6-7,10,20H,3-5,8-9,11H2,1-2H3,(H3,17,18,19). The van der Waals surface area contributed by atoms with Gasteiger partial charge in [-0.2, -0.15) is 0 Å². The zero-order valence-electron chi connectivity index (χ0n) is 12.4. The number of rotatable bonds is 3. The van der Waals surface area contributed by atoms with Crippen molar-refractivity contribution in [2.24, 2.45) is 10.7 Å². The second-order valence-corrected chi connectivity index (χ2v) is 5.91. The van der Waals surface area contributed by atoms with Gasteiger partial charge in [0.05, 0.1) is 12.1 Å². The Morgan fingerprint density at radius 2 is 1.95 bits per heavy atom. The maximum atomic E-state index is 10.4. The van der Waals surface area contributed by atoms with E-state index in [0.717, 1.165) is 31.4 Å². The molecule has 0 amide bonds. The van der Waals surface area contributed by atoms with Gasteiger partial charge in [-0.1, -0.05) is 25.3 Å². The van der Waals surface area contributed by atoms with Gasteiger partial charge in [0.15, 0.2) is 5.96 Å². The van der Waals surface area contributed by atoms with Crippen molar-refractivity contribution in [3.05, 3.63) is 29.3 Å². The molecule has 1 saturated carbocycles. The Balaban J connectivity index is 1.94. The largest absolute Gasteiger partial charge is 0.388 e. The molecule has 0 aliphatic heterocycles. The fraction of sp³-hybridized carbons (Fsp3) is 0.562. The van der Waals surface area contributed by atoms with Crippen molar-refractivity contribution in [1.29, 1.82) is 0 Å². The van der Waals surface area contributed by atoms with Crippen LogP contribution in [0.15, 0.2) is 23.2 Å². The van der Waals surface area contributed by atoms with Gasteiger partial charge in [-0.15, -0.1) is 0 Å². The van der Waals surface area contributed by atoms with Crippen LogP contribution in [-0.2, 0) is 0 Å². The van der Waals surface area contributed by atoms with Gasteiger partial charge < -0.3 is 16.2 Å². The Kier molecular flexibility index (Phi) is 4.65. The number of nitrogens with zero attached hydrogens (tertiary/aromatic N) is 1. The monoisotopic (exact) mass is 275 g/mol. The van der Waals surface area contributed by atoms with E-state index in [1.807, 2.05) is 12.1 Å². The second-order valence-electron chi connectivity index (χ2n) is 5.91. The molecule has 4 heteroatoms. The van der Waals surface area contributed by atoms with Gasteiger partial charge in [0, 0.05) is 5.69 Å². The number of aliphatic hydroxyl groups is 1. The van der Waals surface area contributed by atoms with Crippen LogP contribution in [0, 0.1) is 13.8 Å². The first-order valence-corrected chi connectivity index (χ1v) is 7.35. The van der Waals surface area contributed by atoms with E-state index in [0.29, 0.717) is 12.5 Å². The van der Waals surface area contributed by atoms with E-state index in [1.165, 1.54) is 17.5 Å². The van der Waals surface area contributed by atoms with Crippen LogP contribution >= 0.6 is 0 Å². The van der Waals surface area contributed by atoms with Gasteiger partial charge in [0.1, 0.15) is 0 Å². The average Bonchev–Trinajstić information content (AvgIpc) is 2.42. The number of benzene rings is 1. The molecule has 0 atom stereocenters. The van der Waals surface area contributed by atoms with E-state index in [1.54, 1.807) is 0 Å². The van der Waals surface area contributed by atoms with Crippen LogP contribution in [0.4, 0.5) is 5.69 Å². The number of nitrogens with two attached hydrogens (primary N) is 1. The third-order valence-electron chi connectivity index (χ3n) is 4.11. The Labute approximate surface area is 121 Å². The van der Waals surface area contributed by atoms with Gasteiger partial charge in [-0.05, 0) is 49.9 Å². The summed E-state index contributed by atoms with van der Waals surface area (Å²) in [5, 5.41) is 13.5. The van der Waals surface area contributed by atoms with Crippen molar-refractivity contribution < 1.29 is 5.11 Å². The van der Waals surface area contributed by atoms with Crippen molar-refractivity contribution in [3.63, 3.8) is 0 Å². The molecule has 1 aromatic carbocycles. The minimum absolute atomic E-state index is 0.368. The summed E-state index contributed by atoms with van der Waals surface area (Å²) in [6.45, 7) is 4.53. The number of nitrogens with one attached hydrogen (secondary N) is 1. The summed E-state index contributed by atoms with van der Waals surface area (Å²) < 4.78 is 0. The van der Waals surface area contributed by atoms with Crippen molar-refractivity contribution in [3.8, 4) is 0 Å². The fourth-order valence-electron chi connectivity index (χ4n) is 2.61. The van der Waals surface area contributed by atoms with Gasteiger partial charge >= 0.3 is 0 Å². The van der Waals surface area contributed by atoms with E-state index in [4.69, 9.17) is 5.73 Å². The lowest BCUT2D eigenvalue weighted by Crippen LogP contribution is -2.36. The summed E-state index contributed by atoms with van der Waals surface area (Å²) in [4.78, 5) is 4.30. The molecule has 1 aliphatic rings. The van der Waals surface area contributed by atoms with Crippen molar-refractivity contribution in [2.75, 3.05) is 11.9 Å². The lowest BCUT2D eigenvalue weighted by molar-refractivity contribution is 0.0132. The summed E-state index contributed by atoms with van der Waals surface area (Å²) >= 11 is 0. The first kappa shape index (κ1) is 14.9. The average molecular weight is 275 g/mol. The van der Waals surface area contributed by atoms with Crippen molar-refractivity contribution >= 4 is 11.6 Å². The lowest BCUT2D eigenvalue weighted by Gasteiger charge is -2.30. The molecule has 4 nitrogen and oxygen atoms in total. The molecule has 4 N–H and O–H groups in total. The molecule has 1 fully saturated rings. The van der Waals surface area contributed by atoms with E-state index < -0.39 is 5.60 Å². The van der Waals surface area contributed by atoms with E-state index in [-0.39, 0.29) is 0 Å². The number of anilines is 1. The summed E-state index contributed by atoms with van der Waals surface area (Å²) in [5.41, 5.74) is 8.64. The molecule has 0 unspecified atom stereocenters. The predicted octanol–water partition coefficient (Wildman–Crippen LogP) is 2.73. The minimum atomic E-state index is -0.659. The molecule has 110 valence electrons. The van der Waals surface area contributed by atoms with Crippen LogP contribution in [0.25, 0.3) is 0 Å². The summed E-state index contributed by atoms with van der Waals surface area (Å²) in [6.07, 6.45) is 5.02. The third-order valence-corrected chi connectivity index (χ3v) is 4.11. The van der Waals surface area contributed by atoms with E-state index in [2.05, 4.69) is 30.2 Å². The Hall–Kier alpha value is -1.55. The normalized spacial score (nSPS) is 18.9. The quantitative estimate of drug-likeness (QED) is 0.587. The highest BCUT2D eigenvalue weighted by molar-refractivity contribution is 5.92. The van der Waals surface area contributed by atoms with Gasteiger partial charge in [-0.3, -0.25) is 4.99 Å². The highest BCUT2D eigenvalue weighted by atomic mass is 16.3. The van der Waals surface area contributed by atoms with Crippen LogP contribution < -0.4 is 11.1 Å². The fourth-order valence-corrected chi connectivity index (χ4v) is 2.61. The summed E-state index contributed by atoms with van der Waals surface area (Å²) in [5.74, 6) is 0.368. The zero-order valence-corrected chi connectivity index (χ0v) is 12.4. The molecule has 0 aromatic heterocycles. The second kappa shape index (κ2) is 6.27. The van der Waals surface area contributed by atoms with Crippen molar-refractivity contribution in [2.45, 2.75) is 51.6 Å². The first-order chi connectivity index (χ1) is 9.48. The number of aryl methyl sites for hydroxylation is 2. The van der Waals surface area contributed by atoms with Gasteiger partial charge in [0.2, 0.25) is 0 Å². The maximum Gasteiger partial charge on any atom is 0.193 e. The van der Waals surface area contributed by atoms with Crippen LogP contribution in [-0.4, -0.2) is 23.2 Å². The number of hydrogen-bond acceptors (Lipinski definition) is 2. The number of hydrogen-bond donors (Lipinski definition) is 3. The topological polar surface area (TPSA) is 70.6 Å². The molecule has 0 saturated heterocycles. The third kappa shape index (κ3) is 3.97. The summed E-state index contributed by atoms with van der Waals surface area (Å²) in [6, 6.07) is 6.09. The smallest absolute Gasteiger partial charge is 0.193 e. The van der Waals surface area contributed by atoms with E-state index >= 15 is 0 Å². The van der Waals surface area contributed by atoms with Gasteiger partial charge in [-0.25, -0.2) is 0 Å². The van der Waals surface area contributed by atoms with Crippen molar-refractivity contribution in [1.82, 2.24) is 0 Å². The Morgan fingerprint density at radius 1 is 1.25 bits per heavy atom. The molecule has 0 bridgehead atoms. The highest BCUT2D eigenvalue weighted by Gasteiger charge is 2.28. The predicted molar refractivity (Wildman–Crippen MR) is 84.1 cm³/mol. The number of guanidine groups is 1. The molecule has 0 spiro atoms. The Morgan fingerprint density at radius 3 is 2.60 bits per heavy atom. The van der Waals surface area contributed by atoms with Crippen LogP contribution in [0.2, 0.25) is 0 Å². The Bertz CT molecular complexity index is 490. The van der Waals surface area contributed by atoms with Crippen LogP contribution in [0.3, 0.4) is 0 Å². The molecule has 20 heavy (non-hydrogen) atoms. The number of aliphatic imine (C=N–C) groups is 1. The molecule has 2 rings (SSSR count). The molecule has 0 radical (unpaired) electrons. The lowest BCUT2D eigenvalue weighted by atomic mass is 9.85. The molecular formula is C16H25N3O. The molecule has 1 aliphatic carbocycles. The summed E-state index contributed by atoms with van der Waals surface area (Å²) in [7, 11) is 0. The first-order valence-electron chi connectivity index (χ1n) is 7.35.